The van der Waals surface area contributed by atoms with Crippen molar-refractivity contribution in [2.75, 3.05) is 4.90 Å². The highest BCUT2D eigenvalue weighted by molar-refractivity contribution is 8.06. The molecule has 0 aromatic heterocycles. The van der Waals surface area contributed by atoms with Crippen LogP contribution in [0.2, 0.25) is 0 Å². The Balaban J connectivity index is 1.88. The van der Waals surface area contributed by atoms with Gasteiger partial charge in [0.05, 0.1) is 11.8 Å². The molecular formula is C31H34NO7PS. The molecule has 0 spiro atoms. The maximum absolute atomic E-state index is 15.0. The van der Waals surface area contributed by atoms with Crippen molar-refractivity contribution >= 4 is 37.0 Å². The Labute approximate surface area is 245 Å². The van der Waals surface area contributed by atoms with E-state index in [4.69, 9.17) is 18.5 Å². The monoisotopic (exact) mass is 595 g/mol. The Morgan fingerprint density at radius 1 is 0.756 bits per heavy atom. The summed E-state index contributed by atoms with van der Waals surface area (Å²) in [6.45, 7) is 10.4. The van der Waals surface area contributed by atoms with Crippen LogP contribution in [0.5, 0.6) is 11.5 Å². The summed E-state index contributed by atoms with van der Waals surface area (Å²) in [7, 11) is -4.19. The van der Waals surface area contributed by atoms with Gasteiger partial charge in [-0.2, -0.15) is 0 Å². The molecule has 0 amide bonds. The van der Waals surface area contributed by atoms with Gasteiger partial charge >= 0.3 is 19.5 Å². The first-order chi connectivity index (χ1) is 19.2. The van der Waals surface area contributed by atoms with E-state index in [2.05, 4.69) is 0 Å². The van der Waals surface area contributed by atoms with Crippen molar-refractivity contribution in [2.45, 2.75) is 62.8 Å². The summed E-state index contributed by atoms with van der Waals surface area (Å²) in [5, 5.41) is -1.11. The molecule has 0 fully saturated rings. The average molecular weight is 596 g/mol. The third kappa shape index (κ3) is 7.96. The lowest BCUT2D eigenvalue weighted by molar-refractivity contribution is -0.152. The second-order valence-corrected chi connectivity index (χ2v) is 14.6. The van der Waals surface area contributed by atoms with Crippen molar-refractivity contribution in [1.82, 2.24) is 0 Å². The van der Waals surface area contributed by atoms with E-state index in [0.717, 1.165) is 6.08 Å². The largest absolute Gasteiger partial charge is 0.464 e. The summed E-state index contributed by atoms with van der Waals surface area (Å²) in [6.07, 6.45) is 1.07. The van der Waals surface area contributed by atoms with E-state index in [1.807, 2.05) is 24.3 Å². The highest BCUT2D eigenvalue weighted by Crippen LogP contribution is 2.64. The number of rotatable bonds is 8. The number of anilines is 1. The zero-order valence-corrected chi connectivity index (χ0v) is 25.6. The first kappa shape index (κ1) is 30.3. The number of benzene rings is 3. The standard InChI is InChI=1S/C31H34NO7PS/c1-30(2,3)36-27(33)21-25(28(34)37-31(4,5)6)32-24-19-13-14-20-26(24)41-29(32)40(35,38-22-15-9-7-10-16-22)39-23-17-11-8-12-18-23/h7-21,29H,1-6H3/b25-21+. The van der Waals surface area contributed by atoms with Crippen LogP contribution >= 0.6 is 19.4 Å². The minimum Gasteiger partial charge on any atom is -0.457 e. The molecule has 8 nitrogen and oxygen atoms in total. The molecule has 1 unspecified atom stereocenters. The van der Waals surface area contributed by atoms with Gasteiger partial charge in [-0.1, -0.05) is 60.3 Å². The van der Waals surface area contributed by atoms with Crippen LogP contribution in [0.4, 0.5) is 5.69 Å². The van der Waals surface area contributed by atoms with E-state index in [1.165, 1.54) is 16.7 Å². The van der Waals surface area contributed by atoms with Gasteiger partial charge in [0.2, 0.25) is 5.11 Å². The highest BCUT2D eigenvalue weighted by atomic mass is 32.2. The van der Waals surface area contributed by atoms with E-state index >= 15 is 0 Å². The summed E-state index contributed by atoms with van der Waals surface area (Å²) >= 11 is 1.21. The number of carbonyl (C=O) groups is 2. The topological polar surface area (TPSA) is 91.4 Å². The van der Waals surface area contributed by atoms with Crippen LogP contribution in [0.3, 0.4) is 0 Å². The molecule has 4 rings (SSSR count). The second-order valence-electron chi connectivity index (χ2n) is 11.2. The van der Waals surface area contributed by atoms with Crippen molar-refractivity contribution in [3.63, 3.8) is 0 Å². The van der Waals surface area contributed by atoms with Gasteiger partial charge in [0, 0.05) is 4.90 Å². The predicted octanol–water partition coefficient (Wildman–Crippen LogP) is 7.80. The molecule has 0 N–H and O–H groups in total. The summed E-state index contributed by atoms with van der Waals surface area (Å²) < 4.78 is 38.5. The number of fused-ring (bicyclic) bond motifs is 1. The first-order valence-corrected chi connectivity index (χ1v) is 15.6. The predicted molar refractivity (Wildman–Crippen MR) is 160 cm³/mol. The Morgan fingerprint density at radius 3 is 1.76 bits per heavy atom. The number of hydrogen-bond acceptors (Lipinski definition) is 9. The number of thioether (sulfide) groups is 1. The van der Waals surface area contributed by atoms with E-state index in [1.54, 1.807) is 102 Å². The lowest BCUT2D eigenvalue weighted by Crippen LogP contribution is -2.38. The maximum Gasteiger partial charge on any atom is 0.464 e. The fourth-order valence-corrected chi connectivity index (χ4v) is 7.56. The molecule has 0 saturated heterocycles. The fraction of sp³-hybridized carbons (Fsp3) is 0.290. The quantitative estimate of drug-likeness (QED) is 0.147. The zero-order valence-electron chi connectivity index (χ0n) is 23.9. The summed E-state index contributed by atoms with van der Waals surface area (Å²) in [6, 6.07) is 24.5. The van der Waals surface area contributed by atoms with Crippen molar-refractivity contribution in [3.8, 4) is 11.5 Å². The molecule has 1 aliphatic rings. The molecule has 1 aliphatic heterocycles. The Kier molecular flexibility index (Phi) is 8.90. The maximum atomic E-state index is 15.0. The smallest absolute Gasteiger partial charge is 0.457 e. The summed E-state index contributed by atoms with van der Waals surface area (Å²) in [5.74, 6) is -0.915. The third-order valence-electron chi connectivity index (χ3n) is 5.33. The Bertz CT molecular complexity index is 1420. The van der Waals surface area contributed by atoms with Gasteiger partial charge in [-0.25, -0.2) is 14.2 Å². The molecule has 41 heavy (non-hydrogen) atoms. The second kappa shape index (κ2) is 12.0. The van der Waals surface area contributed by atoms with Crippen LogP contribution in [0.15, 0.2) is 102 Å². The van der Waals surface area contributed by atoms with Crippen molar-refractivity contribution < 1.29 is 32.7 Å². The Morgan fingerprint density at radius 2 is 1.24 bits per heavy atom. The van der Waals surface area contributed by atoms with Crippen LogP contribution in [0, 0.1) is 0 Å². The molecule has 1 heterocycles. The normalized spacial score (nSPS) is 15.6. The first-order valence-electron chi connectivity index (χ1n) is 13.1. The molecule has 216 valence electrons. The number of hydrogen-bond donors (Lipinski definition) is 0. The van der Waals surface area contributed by atoms with Crippen LogP contribution in [-0.4, -0.2) is 28.3 Å². The molecule has 0 saturated carbocycles. The number of para-hydroxylation sites is 3. The summed E-state index contributed by atoms with van der Waals surface area (Å²) in [4.78, 5) is 29.0. The average Bonchev–Trinajstić information content (AvgIpc) is 3.26. The molecule has 0 radical (unpaired) electrons. The fourth-order valence-electron chi connectivity index (χ4n) is 3.86. The van der Waals surface area contributed by atoms with E-state index in [9.17, 15) is 14.2 Å². The molecular weight excluding hydrogens is 561 g/mol. The lowest BCUT2D eigenvalue weighted by atomic mass is 10.2. The van der Waals surface area contributed by atoms with E-state index in [0.29, 0.717) is 22.1 Å². The molecule has 3 aromatic rings. The van der Waals surface area contributed by atoms with Gasteiger partial charge < -0.3 is 23.4 Å². The highest BCUT2D eigenvalue weighted by Gasteiger charge is 2.51. The van der Waals surface area contributed by atoms with Gasteiger partial charge in [0.1, 0.15) is 28.4 Å². The van der Waals surface area contributed by atoms with Gasteiger partial charge in [0.25, 0.3) is 0 Å². The van der Waals surface area contributed by atoms with Gasteiger partial charge in [0.15, 0.2) is 0 Å². The van der Waals surface area contributed by atoms with Crippen LogP contribution in [0.25, 0.3) is 0 Å². The van der Waals surface area contributed by atoms with Gasteiger partial charge in [-0.3, -0.25) is 0 Å². The van der Waals surface area contributed by atoms with Gasteiger partial charge in [-0.05, 0) is 77.9 Å². The Hall–Kier alpha value is -3.68. The van der Waals surface area contributed by atoms with Crippen LogP contribution < -0.4 is 13.9 Å². The third-order valence-corrected chi connectivity index (χ3v) is 9.14. The van der Waals surface area contributed by atoms with Crippen LogP contribution in [0.1, 0.15) is 41.5 Å². The minimum atomic E-state index is -4.19. The number of carbonyl (C=O) groups excluding carboxylic acids is 2. The number of nitrogens with zero attached hydrogens (tertiary/aromatic N) is 1. The zero-order chi connectivity index (χ0) is 29.8. The number of ether oxygens (including phenoxy) is 2. The van der Waals surface area contributed by atoms with Crippen molar-refractivity contribution in [2.24, 2.45) is 0 Å². The van der Waals surface area contributed by atoms with E-state index in [-0.39, 0.29) is 5.70 Å². The van der Waals surface area contributed by atoms with E-state index < -0.39 is 35.9 Å². The minimum absolute atomic E-state index is 0.162. The molecule has 10 heteroatoms. The molecule has 1 atom stereocenters. The summed E-state index contributed by atoms with van der Waals surface area (Å²) in [5.41, 5.74) is -1.32. The SMILES string of the molecule is CC(C)(C)OC(=O)/C=C(\C(=O)OC(C)(C)C)N1c2ccccc2SC1P(=O)(Oc1ccccc1)Oc1ccccc1. The molecule has 0 bridgehead atoms. The molecule has 0 aliphatic carbocycles. The van der Waals surface area contributed by atoms with Crippen molar-refractivity contribution in [3.05, 3.63) is 96.7 Å². The number of esters is 2. The van der Waals surface area contributed by atoms with Gasteiger partial charge in [-0.15, -0.1) is 0 Å². The lowest BCUT2D eigenvalue weighted by Gasteiger charge is -2.33. The van der Waals surface area contributed by atoms with Crippen LogP contribution in [-0.2, 0) is 23.6 Å². The van der Waals surface area contributed by atoms with Crippen molar-refractivity contribution in [1.29, 1.82) is 0 Å². The molecule has 3 aromatic carbocycles.